The van der Waals surface area contributed by atoms with Crippen molar-refractivity contribution in [3.8, 4) is 0 Å². The lowest BCUT2D eigenvalue weighted by atomic mass is 10.1. The summed E-state index contributed by atoms with van der Waals surface area (Å²) in [4.78, 5) is 27.1. The number of ketones is 2. The van der Waals surface area contributed by atoms with Crippen LogP contribution < -0.4 is 0 Å². The van der Waals surface area contributed by atoms with Gasteiger partial charge in [0.05, 0.1) is 0 Å². The largest absolute Gasteiger partial charge is 0.302 e. The van der Waals surface area contributed by atoms with Crippen LogP contribution in [0.25, 0.3) is 0 Å². The lowest BCUT2D eigenvalue weighted by Crippen LogP contribution is -2.34. The fourth-order valence-electron chi connectivity index (χ4n) is 4.99. The molecular formula is C30H58N2O2. The average molecular weight is 479 g/mol. The van der Waals surface area contributed by atoms with Crippen molar-refractivity contribution < 1.29 is 9.59 Å². The summed E-state index contributed by atoms with van der Waals surface area (Å²) in [6, 6.07) is 0. The van der Waals surface area contributed by atoms with Gasteiger partial charge in [-0.1, -0.05) is 104 Å². The van der Waals surface area contributed by atoms with Crippen LogP contribution in [0.3, 0.4) is 0 Å². The molecule has 0 aliphatic carbocycles. The van der Waals surface area contributed by atoms with Gasteiger partial charge >= 0.3 is 0 Å². The van der Waals surface area contributed by atoms with E-state index in [2.05, 4.69) is 23.6 Å². The third-order valence-corrected chi connectivity index (χ3v) is 7.48. The SMILES string of the molecule is CCCCCCCCCCN1CCC(=O)CC1.CCCCCCCCCCN1CCC(=O)CC1. The smallest absolute Gasteiger partial charge is 0.135 e. The molecule has 0 atom stereocenters. The molecule has 0 N–H and O–H groups in total. The fraction of sp³-hybridized carbons (Fsp3) is 0.933. The first-order valence-electron chi connectivity index (χ1n) is 15.1. The number of piperidine rings is 2. The Balaban J connectivity index is 0.000000340. The van der Waals surface area contributed by atoms with Crippen LogP contribution in [0.5, 0.6) is 0 Å². The van der Waals surface area contributed by atoms with Gasteiger partial charge < -0.3 is 9.80 Å². The molecule has 0 unspecified atom stereocenters. The molecular weight excluding hydrogens is 420 g/mol. The molecule has 0 spiro atoms. The normalized spacial score (nSPS) is 17.6. The van der Waals surface area contributed by atoms with Crippen molar-refractivity contribution in [1.29, 1.82) is 0 Å². The molecule has 4 heteroatoms. The molecule has 34 heavy (non-hydrogen) atoms. The van der Waals surface area contributed by atoms with Gasteiger partial charge in [0, 0.05) is 51.9 Å². The van der Waals surface area contributed by atoms with E-state index in [-0.39, 0.29) is 0 Å². The van der Waals surface area contributed by atoms with Crippen LogP contribution in [0.15, 0.2) is 0 Å². The van der Waals surface area contributed by atoms with Gasteiger partial charge in [0.2, 0.25) is 0 Å². The van der Waals surface area contributed by atoms with Gasteiger partial charge in [-0.05, 0) is 25.9 Å². The number of hydrogen-bond acceptors (Lipinski definition) is 4. The zero-order valence-electron chi connectivity index (χ0n) is 23.1. The van der Waals surface area contributed by atoms with E-state index >= 15 is 0 Å². The monoisotopic (exact) mass is 478 g/mol. The minimum Gasteiger partial charge on any atom is -0.302 e. The third kappa shape index (κ3) is 18.6. The highest BCUT2D eigenvalue weighted by molar-refractivity contribution is 5.79. The number of carbonyl (C=O) groups is 2. The minimum absolute atomic E-state index is 0.456. The van der Waals surface area contributed by atoms with Gasteiger partial charge in [0.25, 0.3) is 0 Å². The number of likely N-dealkylation sites (tertiary alicyclic amines) is 2. The molecule has 2 rings (SSSR count). The molecule has 2 heterocycles. The zero-order chi connectivity index (χ0) is 24.7. The van der Waals surface area contributed by atoms with Gasteiger partial charge in [-0.2, -0.15) is 0 Å². The summed E-state index contributed by atoms with van der Waals surface area (Å²) in [5, 5.41) is 0. The molecule has 200 valence electrons. The van der Waals surface area contributed by atoms with Gasteiger partial charge in [0.1, 0.15) is 11.6 Å². The first-order chi connectivity index (χ1) is 16.7. The Bertz CT molecular complexity index is 430. The van der Waals surface area contributed by atoms with E-state index < -0.39 is 0 Å². The van der Waals surface area contributed by atoms with E-state index in [4.69, 9.17) is 0 Å². The highest BCUT2D eigenvalue weighted by Crippen LogP contribution is 2.12. The lowest BCUT2D eigenvalue weighted by molar-refractivity contribution is -0.122. The molecule has 0 bridgehead atoms. The summed E-state index contributed by atoms with van der Waals surface area (Å²) in [7, 11) is 0. The average Bonchev–Trinajstić information content (AvgIpc) is 2.85. The predicted molar refractivity (Wildman–Crippen MR) is 147 cm³/mol. The Kier molecular flexibility index (Phi) is 20.9. The van der Waals surface area contributed by atoms with Crippen LogP contribution in [0, 0.1) is 0 Å². The van der Waals surface area contributed by atoms with Gasteiger partial charge in [0.15, 0.2) is 0 Å². The number of unbranched alkanes of at least 4 members (excludes halogenated alkanes) is 14. The molecule has 2 saturated heterocycles. The second-order valence-corrected chi connectivity index (χ2v) is 10.7. The van der Waals surface area contributed by atoms with Crippen LogP contribution in [0.1, 0.15) is 142 Å². The van der Waals surface area contributed by atoms with Gasteiger partial charge in [-0.25, -0.2) is 0 Å². The standard InChI is InChI=1S/2C15H29NO/c2*1-2-3-4-5-6-7-8-9-12-16-13-10-15(17)11-14-16/h2*2-14H2,1H3. The molecule has 2 aliphatic heterocycles. The molecule has 2 aliphatic rings. The van der Waals surface area contributed by atoms with E-state index in [1.807, 2.05) is 0 Å². The second-order valence-electron chi connectivity index (χ2n) is 10.7. The maximum Gasteiger partial charge on any atom is 0.135 e. The number of hydrogen-bond donors (Lipinski definition) is 0. The second kappa shape index (κ2) is 22.7. The van der Waals surface area contributed by atoms with Crippen molar-refractivity contribution in [2.24, 2.45) is 0 Å². The first kappa shape index (κ1) is 31.3. The van der Waals surface area contributed by atoms with E-state index in [0.29, 0.717) is 11.6 Å². The topological polar surface area (TPSA) is 40.6 Å². The van der Waals surface area contributed by atoms with Crippen LogP contribution in [0.4, 0.5) is 0 Å². The summed E-state index contributed by atoms with van der Waals surface area (Å²) < 4.78 is 0. The Hall–Kier alpha value is -0.740. The number of rotatable bonds is 18. The highest BCUT2D eigenvalue weighted by Gasteiger charge is 2.15. The lowest BCUT2D eigenvalue weighted by Gasteiger charge is -2.25. The van der Waals surface area contributed by atoms with Crippen molar-refractivity contribution in [3.63, 3.8) is 0 Å². The summed E-state index contributed by atoms with van der Waals surface area (Å²) in [5.74, 6) is 0.911. The maximum atomic E-state index is 11.1. The Labute approximate surface area is 212 Å². The molecule has 0 aromatic heterocycles. The molecule has 0 aromatic carbocycles. The predicted octanol–water partition coefficient (Wildman–Crippen LogP) is 7.58. The van der Waals surface area contributed by atoms with E-state index in [1.165, 1.54) is 116 Å². The van der Waals surface area contributed by atoms with Crippen LogP contribution in [-0.2, 0) is 9.59 Å². The Morgan fingerprint density at radius 2 is 0.706 bits per heavy atom. The van der Waals surface area contributed by atoms with Crippen molar-refractivity contribution >= 4 is 11.6 Å². The molecule has 0 radical (unpaired) electrons. The molecule has 4 nitrogen and oxygen atoms in total. The summed E-state index contributed by atoms with van der Waals surface area (Å²) >= 11 is 0. The van der Waals surface area contributed by atoms with Gasteiger partial charge in [-0.15, -0.1) is 0 Å². The quantitative estimate of drug-likeness (QED) is 0.190. The van der Waals surface area contributed by atoms with Crippen LogP contribution in [0.2, 0.25) is 0 Å². The molecule has 2 fully saturated rings. The number of Topliss-reactive ketones (excluding diaryl/α,β-unsaturated/α-hetero) is 2. The summed E-state index contributed by atoms with van der Waals surface area (Å²) in [5.41, 5.74) is 0. The summed E-state index contributed by atoms with van der Waals surface area (Å²) in [6.07, 6.45) is 25.3. The molecule has 0 saturated carbocycles. The number of nitrogens with zero attached hydrogens (tertiary/aromatic N) is 2. The van der Waals surface area contributed by atoms with Crippen LogP contribution in [-0.4, -0.2) is 60.6 Å². The highest BCUT2D eigenvalue weighted by atomic mass is 16.1. The van der Waals surface area contributed by atoms with E-state index in [0.717, 1.165) is 51.9 Å². The molecule has 0 aromatic rings. The van der Waals surface area contributed by atoms with Crippen molar-refractivity contribution in [2.75, 3.05) is 39.3 Å². The van der Waals surface area contributed by atoms with Crippen LogP contribution >= 0.6 is 0 Å². The first-order valence-corrected chi connectivity index (χ1v) is 15.1. The fourth-order valence-corrected chi connectivity index (χ4v) is 4.99. The zero-order valence-corrected chi connectivity index (χ0v) is 23.1. The summed E-state index contributed by atoms with van der Waals surface area (Å²) in [6.45, 7) is 11.0. The number of carbonyl (C=O) groups excluding carboxylic acids is 2. The third-order valence-electron chi connectivity index (χ3n) is 7.48. The minimum atomic E-state index is 0.456. The Morgan fingerprint density at radius 3 is 1.00 bits per heavy atom. The molecule has 0 amide bonds. The van der Waals surface area contributed by atoms with Crippen molar-refractivity contribution in [1.82, 2.24) is 9.80 Å². The maximum absolute atomic E-state index is 11.1. The van der Waals surface area contributed by atoms with Crippen molar-refractivity contribution in [3.05, 3.63) is 0 Å². The van der Waals surface area contributed by atoms with Gasteiger partial charge in [-0.3, -0.25) is 9.59 Å². The Morgan fingerprint density at radius 1 is 0.441 bits per heavy atom. The van der Waals surface area contributed by atoms with E-state index in [1.54, 1.807) is 0 Å². The van der Waals surface area contributed by atoms with E-state index in [9.17, 15) is 9.59 Å². The van der Waals surface area contributed by atoms with Crippen molar-refractivity contribution in [2.45, 2.75) is 142 Å².